The molecule has 4 heteroatoms. The van der Waals surface area contributed by atoms with Gasteiger partial charge in [-0.05, 0) is 49.6 Å². The number of anilines is 1. The molecule has 0 radical (unpaired) electrons. The minimum atomic E-state index is 0.337. The Labute approximate surface area is 150 Å². The van der Waals surface area contributed by atoms with E-state index in [4.69, 9.17) is 4.74 Å². The first-order valence-electron chi connectivity index (χ1n) is 9.07. The summed E-state index contributed by atoms with van der Waals surface area (Å²) >= 11 is 0. The summed E-state index contributed by atoms with van der Waals surface area (Å²) in [7, 11) is 1.74. The van der Waals surface area contributed by atoms with Crippen molar-refractivity contribution in [1.29, 1.82) is 0 Å². The normalized spacial score (nSPS) is 16.6. The Morgan fingerprint density at radius 1 is 1.00 bits per heavy atom. The highest BCUT2D eigenvalue weighted by Crippen LogP contribution is 2.28. The van der Waals surface area contributed by atoms with Crippen LogP contribution in [0.1, 0.15) is 18.9 Å². The summed E-state index contributed by atoms with van der Waals surface area (Å²) in [6.45, 7) is 6.54. The predicted octanol–water partition coefficient (Wildman–Crippen LogP) is 3.54. The van der Waals surface area contributed by atoms with Crippen molar-refractivity contribution in [2.45, 2.75) is 25.8 Å². The van der Waals surface area contributed by atoms with E-state index >= 15 is 0 Å². The third-order valence-electron chi connectivity index (χ3n) is 5.15. The lowest BCUT2D eigenvalue weighted by Gasteiger charge is -2.39. The summed E-state index contributed by atoms with van der Waals surface area (Å²) < 4.78 is 5.50. The Balaban J connectivity index is 1.50. The van der Waals surface area contributed by atoms with Gasteiger partial charge in [-0.25, -0.2) is 0 Å². The van der Waals surface area contributed by atoms with Gasteiger partial charge in [0, 0.05) is 32.2 Å². The molecule has 0 aliphatic carbocycles. The van der Waals surface area contributed by atoms with Crippen molar-refractivity contribution in [2.24, 2.45) is 0 Å². The molecule has 25 heavy (non-hydrogen) atoms. The third-order valence-corrected chi connectivity index (χ3v) is 5.15. The van der Waals surface area contributed by atoms with Crippen molar-refractivity contribution in [3.8, 4) is 11.5 Å². The molecule has 1 N–H and O–H groups in total. The predicted molar refractivity (Wildman–Crippen MR) is 103 cm³/mol. The number of hydrogen-bond donors (Lipinski definition) is 1. The van der Waals surface area contributed by atoms with Crippen LogP contribution in [0.15, 0.2) is 48.5 Å². The SMILES string of the molecule is COc1ccccc1N1CCN([C@H](C)CCc2ccc(O)cc2)CC1. The number of hydrogen-bond acceptors (Lipinski definition) is 4. The minimum Gasteiger partial charge on any atom is -0.508 e. The Kier molecular flexibility index (Phi) is 5.82. The largest absolute Gasteiger partial charge is 0.508 e. The van der Waals surface area contributed by atoms with E-state index in [0.29, 0.717) is 11.8 Å². The molecule has 1 aliphatic heterocycles. The average Bonchev–Trinajstić information content (AvgIpc) is 2.67. The Morgan fingerprint density at radius 2 is 1.68 bits per heavy atom. The molecule has 0 amide bonds. The highest BCUT2D eigenvalue weighted by Gasteiger charge is 2.22. The van der Waals surface area contributed by atoms with Crippen LogP contribution in [0.25, 0.3) is 0 Å². The van der Waals surface area contributed by atoms with Gasteiger partial charge in [0.2, 0.25) is 0 Å². The number of aryl methyl sites for hydroxylation is 1. The number of rotatable bonds is 6. The Hall–Kier alpha value is -2.20. The molecule has 1 fully saturated rings. The highest BCUT2D eigenvalue weighted by atomic mass is 16.5. The first-order valence-corrected chi connectivity index (χ1v) is 9.07. The molecule has 1 atom stereocenters. The zero-order chi connectivity index (χ0) is 17.6. The second-order valence-electron chi connectivity index (χ2n) is 6.75. The average molecular weight is 340 g/mol. The lowest BCUT2D eigenvalue weighted by atomic mass is 10.0. The molecule has 1 heterocycles. The summed E-state index contributed by atoms with van der Waals surface area (Å²) in [5, 5.41) is 9.37. The van der Waals surface area contributed by atoms with Crippen molar-refractivity contribution in [2.75, 3.05) is 38.2 Å². The number of para-hydroxylation sites is 2. The fourth-order valence-electron chi connectivity index (χ4n) is 3.52. The van der Waals surface area contributed by atoms with Crippen LogP contribution < -0.4 is 9.64 Å². The molecule has 1 saturated heterocycles. The van der Waals surface area contributed by atoms with E-state index in [1.807, 2.05) is 24.3 Å². The van der Waals surface area contributed by atoms with E-state index in [0.717, 1.165) is 44.8 Å². The fraction of sp³-hybridized carbons (Fsp3) is 0.429. The molecule has 2 aromatic rings. The van der Waals surface area contributed by atoms with E-state index in [-0.39, 0.29) is 0 Å². The molecule has 0 unspecified atom stereocenters. The summed E-state index contributed by atoms with van der Waals surface area (Å²) in [6, 6.07) is 16.4. The molecule has 1 aliphatic rings. The number of nitrogens with zero attached hydrogens (tertiary/aromatic N) is 2. The number of piperazine rings is 1. The number of phenols is 1. The molecule has 2 aromatic carbocycles. The van der Waals surface area contributed by atoms with Crippen LogP contribution in [0.5, 0.6) is 11.5 Å². The maximum Gasteiger partial charge on any atom is 0.142 e. The molecule has 4 nitrogen and oxygen atoms in total. The first-order chi connectivity index (χ1) is 12.2. The van der Waals surface area contributed by atoms with Crippen LogP contribution >= 0.6 is 0 Å². The molecule has 134 valence electrons. The zero-order valence-corrected chi connectivity index (χ0v) is 15.2. The summed E-state index contributed by atoms with van der Waals surface area (Å²) in [6.07, 6.45) is 2.19. The fourth-order valence-corrected chi connectivity index (χ4v) is 3.52. The first kappa shape index (κ1) is 17.6. The topological polar surface area (TPSA) is 35.9 Å². The summed E-state index contributed by atoms with van der Waals surface area (Å²) in [4.78, 5) is 4.99. The maximum absolute atomic E-state index is 9.37. The van der Waals surface area contributed by atoms with E-state index in [1.165, 1.54) is 11.3 Å². The highest BCUT2D eigenvalue weighted by molar-refractivity contribution is 5.58. The molecular weight excluding hydrogens is 312 g/mol. The van der Waals surface area contributed by atoms with E-state index < -0.39 is 0 Å². The Morgan fingerprint density at radius 3 is 2.36 bits per heavy atom. The van der Waals surface area contributed by atoms with Gasteiger partial charge in [0.25, 0.3) is 0 Å². The third kappa shape index (κ3) is 4.45. The summed E-state index contributed by atoms with van der Waals surface area (Å²) in [5.74, 6) is 1.29. The zero-order valence-electron chi connectivity index (χ0n) is 15.2. The number of benzene rings is 2. The van der Waals surface area contributed by atoms with E-state index in [1.54, 1.807) is 19.2 Å². The van der Waals surface area contributed by atoms with Crippen LogP contribution in [0.3, 0.4) is 0 Å². The van der Waals surface area contributed by atoms with Crippen molar-refractivity contribution in [1.82, 2.24) is 4.90 Å². The summed E-state index contributed by atoms with van der Waals surface area (Å²) in [5.41, 5.74) is 2.48. The minimum absolute atomic E-state index is 0.337. The van der Waals surface area contributed by atoms with E-state index in [2.05, 4.69) is 28.9 Å². The van der Waals surface area contributed by atoms with Gasteiger partial charge in [0.1, 0.15) is 11.5 Å². The van der Waals surface area contributed by atoms with Gasteiger partial charge in [-0.1, -0.05) is 24.3 Å². The second-order valence-corrected chi connectivity index (χ2v) is 6.75. The molecule has 0 aromatic heterocycles. The lowest BCUT2D eigenvalue weighted by Crippen LogP contribution is -2.49. The van der Waals surface area contributed by atoms with Crippen LogP contribution in [0, 0.1) is 0 Å². The van der Waals surface area contributed by atoms with Gasteiger partial charge in [0.05, 0.1) is 12.8 Å². The van der Waals surface area contributed by atoms with Gasteiger partial charge in [-0.2, -0.15) is 0 Å². The second kappa shape index (κ2) is 8.26. The smallest absolute Gasteiger partial charge is 0.142 e. The van der Waals surface area contributed by atoms with Crippen molar-refractivity contribution >= 4 is 5.69 Å². The quantitative estimate of drug-likeness (QED) is 0.872. The van der Waals surface area contributed by atoms with Crippen molar-refractivity contribution in [3.05, 3.63) is 54.1 Å². The lowest BCUT2D eigenvalue weighted by molar-refractivity contribution is 0.188. The van der Waals surface area contributed by atoms with Crippen LogP contribution in [-0.4, -0.2) is 49.3 Å². The van der Waals surface area contributed by atoms with Gasteiger partial charge in [0.15, 0.2) is 0 Å². The molecule has 0 bridgehead atoms. The van der Waals surface area contributed by atoms with Gasteiger partial charge in [-0.15, -0.1) is 0 Å². The van der Waals surface area contributed by atoms with Crippen molar-refractivity contribution in [3.63, 3.8) is 0 Å². The molecule has 0 spiro atoms. The van der Waals surface area contributed by atoms with Gasteiger partial charge >= 0.3 is 0 Å². The Bertz CT molecular complexity index is 664. The van der Waals surface area contributed by atoms with Crippen LogP contribution in [-0.2, 0) is 6.42 Å². The number of ether oxygens (including phenoxy) is 1. The van der Waals surface area contributed by atoms with Crippen LogP contribution in [0.2, 0.25) is 0 Å². The molecule has 0 saturated carbocycles. The van der Waals surface area contributed by atoms with Gasteiger partial charge < -0.3 is 14.7 Å². The standard InChI is InChI=1S/C21H28N2O2/c1-17(7-8-18-9-11-19(24)12-10-18)22-13-15-23(16-14-22)20-5-3-4-6-21(20)25-2/h3-6,9-12,17,24H,7-8,13-16H2,1-2H3/t17-/m1/s1. The van der Waals surface area contributed by atoms with E-state index in [9.17, 15) is 5.11 Å². The van der Waals surface area contributed by atoms with Crippen LogP contribution in [0.4, 0.5) is 5.69 Å². The van der Waals surface area contributed by atoms with Gasteiger partial charge in [-0.3, -0.25) is 4.90 Å². The molecular formula is C21H28N2O2. The number of aromatic hydroxyl groups is 1. The molecule has 3 rings (SSSR count). The monoisotopic (exact) mass is 340 g/mol. The van der Waals surface area contributed by atoms with Crippen molar-refractivity contribution < 1.29 is 9.84 Å². The number of phenolic OH excluding ortho intramolecular Hbond substituents is 1. The maximum atomic E-state index is 9.37. The number of methoxy groups -OCH3 is 1.